The molecule has 5 heteroatoms. The number of para-hydroxylation sites is 1. The van der Waals surface area contributed by atoms with Crippen molar-refractivity contribution in [3.8, 4) is 0 Å². The van der Waals surface area contributed by atoms with Gasteiger partial charge in [0.1, 0.15) is 5.58 Å². The summed E-state index contributed by atoms with van der Waals surface area (Å²) in [4.78, 5) is 23.3. The Hall–Kier alpha value is -2.30. The molecule has 3 rings (SSSR count). The third-order valence-corrected chi connectivity index (χ3v) is 4.14. The van der Waals surface area contributed by atoms with E-state index >= 15 is 0 Å². The minimum Gasteiger partial charge on any atom is -0.481 e. The standard InChI is InChI=1S/C16H17NO4/c1-10-4-2-5-11-8-12(21-14(10)11)15(20)17-16(6-3-7-16)9-13(18)19/h2,4-5,8H,3,6-7,9H2,1H3,(H,17,20)(H,18,19). The lowest BCUT2D eigenvalue weighted by Crippen LogP contribution is -2.54. The number of fused-ring (bicyclic) bond motifs is 1. The van der Waals surface area contributed by atoms with E-state index in [9.17, 15) is 9.59 Å². The van der Waals surface area contributed by atoms with Gasteiger partial charge in [0.25, 0.3) is 5.91 Å². The Balaban J connectivity index is 1.83. The molecule has 1 aliphatic rings. The van der Waals surface area contributed by atoms with Crippen molar-refractivity contribution in [2.45, 2.75) is 38.1 Å². The molecule has 0 radical (unpaired) electrons. The van der Waals surface area contributed by atoms with Crippen molar-refractivity contribution in [2.24, 2.45) is 0 Å². The fraction of sp³-hybridized carbons (Fsp3) is 0.375. The second kappa shape index (κ2) is 4.91. The number of carbonyl (C=O) groups is 2. The minimum atomic E-state index is -0.893. The molecule has 1 saturated carbocycles. The van der Waals surface area contributed by atoms with Crippen LogP contribution >= 0.6 is 0 Å². The first-order valence-corrected chi connectivity index (χ1v) is 7.03. The summed E-state index contributed by atoms with van der Waals surface area (Å²) in [6, 6.07) is 7.42. The first kappa shape index (κ1) is 13.7. The third-order valence-electron chi connectivity index (χ3n) is 4.14. The summed E-state index contributed by atoms with van der Waals surface area (Å²) >= 11 is 0. The molecule has 0 bridgehead atoms. The highest BCUT2D eigenvalue weighted by Crippen LogP contribution is 2.35. The number of carboxylic acid groups (broad SMARTS) is 1. The van der Waals surface area contributed by atoms with Gasteiger partial charge in [-0.1, -0.05) is 18.2 Å². The lowest BCUT2D eigenvalue weighted by molar-refractivity contribution is -0.139. The van der Waals surface area contributed by atoms with E-state index in [0.29, 0.717) is 18.4 Å². The maximum Gasteiger partial charge on any atom is 0.305 e. The largest absolute Gasteiger partial charge is 0.481 e. The van der Waals surface area contributed by atoms with Gasteiger partial charge in [0.15, 0.2) is 5.76 Å². The van der Waals surface area contributed by atoms with Crippen LogP contribution in [-0.2, 0) is 4.79 Å². The average molecular weight is 287 g/mol. The predicted octanol–water partition coefficient (Wildman–Crippen LogP) is 2.87. The zero-order valence-electron chi connectivity index (χ0n) is 11.8. The van der Waals surface area contributed by atoms with Crippen LogP contribution in [0.5, 0.6) is 0 Å². The summed E-state index contributed by atoms with van der Waals surface area (Å²) in [5.41, 5.74) is 1.05. The van der Waals surface area contributed by atoms with Crippen molar-refractivity contribution in [3.05, 3.63) is 35.6 Å². The van der Waals surface area contributed by atoms with E-state index in [4.69, 9.17) is 9.52 Å². The molecule has 1 fully saturated rings. The van der Waals surface area contributed by atoms with Crippen LogP contribution in [0.2, 0.25) is 0 Å². The van der Waals surface area contributed by atoms with E-state index in [2.05, 4.69) is 5.32 Å². The van der Waals surface area contributed by atoms with Gasteiger partial charge in [-0.05, 0) is 37.8 Å². The van der Waals surface area contributed by atoms with Crippen LogP contribution in [-0.4, -0.2) is 22.5 Å². The molecule has 1 aromatic carbocycles. The summed E-state index contributed by atoms with van der Waals surface area (Å²) in [6.07, 6.45) is 2.29. The monoisotopic (exact) mass is 287 g/mol. The molecule has 1 aromatic heterocycles. The van der Waals surface area contributed by atoms with Gasteiger partial charge in [-0.3, -0.25) is 9.59 Å². The number of hydrogen-bond donors (Lipinski definition) is 2. The zero-order valence-corrected chi connectivity index (χ0v) is 11.8. The van der Waals surface area contributed by atoms with Gasteiger partial charge in [-0.25, -0.2) is 0 Å². The van der Waals surface area contributed by atoms with E-state index in [-0.39, 0.29) is 18.1 Å². The molecule has 2 aromatic rings. The second-order valence-electron chi connectivity index (χ2n) is 5.76. The van der Waals surface area contributed by atoms with Crippen LogP contribution < -0.4 is 5.32 Å². The number of amides is 1. The van der Waals surface area contributed by atoms with Crippen LogP contribution in [0.15, 0.2) is 28.7 Å². The number of furan rings is 1. The predicted molar refractivity (Wildman–Crippen MR) is 77.3 cm³/mol. The summed E-state index contributed by atoms with van der Waals surface area (Å²) in [6.45, 7) is 1.92. The van der Waals surface area contributed by atoms with E-state index in [1.54, 1.807) is 6.07 Å². The number of carbonyl (C=O) groups excluding carboxylic acids is 1. The van der Waals surface area contributed by atoms with Crippen molar-refractivity contribution >= 4 is 22.8 Å². The molecule has 0 saturated heterocycles. The molecule has 0 spiro atoms. The number of carboxylic acids is 1. The summed E-state index contributed by atoms with van der Waals surface area (Å²) in [7, 11) is 0. The third kappa shape index (κ3) is 2.51. The normalized spacial score (nSPS) is 16.4. The van der Waals surface area contributed by atoms with Crippen LogP contribution in [0.1, 0.15) is 41.8 Å². The molecule has 21 heavy (non-hydrogen) atoms. The number of benzene rings is 1. The van der Waals surface area contributed by atoms with Gasteiger partial charge in [0, 0.05) is 5.39 Å². The number of rotatable bonds is 4. The van der Waals surface area contributed by atoms with Crippen molar-refractivity contribution in [1.29, 1.82) is 0 Å². The number of aryl methyl sites for hydroxylation is 1. The Morgan fingerprint density at radius 1 is 1.38 bits per heavy atom. The van der Waals surface area contributed by atoms with Gasteiger partial charge in [0.2, 0.25) is 0 Å². The van der Waals surface area contributed by atoms with E-state index in [0.717, 1.165) is 17.4 Å². The number of hydrogen-bond acceptors (Lipinski definition) is 3. The lowest BCUT2D eigenvalue weighted by atomic mass is 9.74. The Morgan fingerprint density at radius 3 is 2.71 bits per heavy atom. The molecule has 1 amide bonds. The molecule has 0 unspecified atom stereocenters. The summed E-state index contributed by atoms with van der Waals surface area (Å²) in [5, 5.41) is 12.7. The van der Waals surface area contributed by atoms with Gasteiger partial charge in [-0.15, -0.1) is 0 Å². The molecule has 0 atom stereocenters. The lowest BCUT2D eigenvalue weighted by Gasteiger charge is -2.41. The van der Waals surface area contributed by atoms with Crippen molar-refractivity contribution < 1.29 is 19.1 Å². The Labute approximate surface area is 121 Å². The fourth-order valence-corrected chi connectivity index (χ4v) is 2.86. The highest BCUT2D eigenvalue weighted by atomic mass is 16.4. The Morgan fingerprint density at radius 2 is 2.14 bits per heavy atom. The molecule has 1 aliphatic carbocycles. The van der Waals surface area contributed by atoms with Crippen molar-refractivity contribution in [3.63, 3.8) is 0 Å². The summed E-state index contributed by atoms with van der Waals surface area (Å²) in [5.74, 6) is -1.00. The van der Waals surface area contributed by atoms with Crippen molar-refractivity contribution in [1.82, 2.24) is 5.32 Å². The number of nitrogens with one attached hydrogen (secondary N) is 1. The van der Waals surface area contributed by atoms with Crippen LogP contribution in [0, 0.1) is 6.92 Å². The van der Waals surface area contributed by atoms with Gasteiger partial charge < -0.3 is 14.8 Å². The molecule has 0 aliphatic heterocycles. The Bertz CT molecular complexity index is 712. The number of aliphatic carboxylic acids is 1. The van der Waals surface area contributed by atoms with Crippen LogP contribution in [0.3, 0.4) is 0 Å². The fourth-order valence-electron chi connectivity index (χ4n) is 2.86. The molecule has 2 N–H and O–H groups in total. The highest BCUT2D eigenvalue weighted by molar-refractivity contribution is 5.97. The molecule has 1 heterocycles. The molecule has 5 nitrogen and oxygen atoms in total. The highest BCUT2D eigenvalue weighted by Gasteiger charge is 2.41. The smallest absolute Gasteiger partial charge is 0.305 e. The first-order chi connectivity index (χ1) is 9.99. The average Bonchev–Trinajstić information content (AvgIpc) is 2.81. The van der Waals surface area contributed by atoms with Gasteiger partial charge >= 0.3 is 5.97 Å². The van der Waals surface area contributed by atoms with E-state index in [1.807, 2.05) is 25.1 Å². The SMILES string of the molecule is Cc1cccc2cc(C(=O)NC3(CC(=O)O)CCC3)oc12. The minimum absolute atomic E-state index is 0.0437. The van der Waals surface area contributed by atoms with Crippen LogP contribution in [0.25, 0.3) is 11.0 Å². The molecule has 110 valence electrons. The quantitative estimate of drug-likeness (QED) is 0.906. The maximum atomic E-state index is 12.3. The van der Waals surface area contributed by atoms with E-state index in [1.165, 1.54) is 0 Å². The Kier molecular flexibility index (Phi) is 3.20. The molecular formula is C16H17NO4. The summed E-state index contributed by atoms with van der Waals surface area (Å²) < 4.78 is 5.62. The van der Waals surface area contributed by atoms with E-state index < -0.39 is 11.5 Å². The topological polar surface area (TPSA) is 79.5 Å². The van der Waals surface area contributed by atoms with Crippen LogP contribution in [0.4, 0.5) is 0 Å². The zero-order chi connectivity index (χ0) is 15.0. The first-order valence-electron chi connectivity index (χ1n) is 7.03. The van der Waals surface area contributed by atoms with Crippen molar-refractivity contribution in [2.75, 3.05) is 0 Å². The molecular weight excluding hydrogens is 270 g/mol. The maximum absolute atomic E-state index is 12.3. The van der Waals surface area contributed by atoms with Gasteiger partial charge in [-0.2, -0.15) is 0 Å². The van der Waals surface area contributed by atoms with Gasteiger partial charge in [0.05, 0.1) is 12.0 Å². The second-order valence-corrected chi connectivity index (χ2v) is 5.76.